The van der Waals surface area contributed by atoms with E-state index in [1.807, 2.05) is 12.2 Å². The van der Waals surface area contributed by atoms with Crippen LogP contribution in [0.1, 0.15) is 109 Å². The number of hydrogen-bond donors (Lipinski definition) is 0. The minimum Gasteiger partial charge on any atom is -1.00 e. The van der Waals surface area contributed by atoms with Crippen LogP contribution in [-0.4, -0.2) is 3.21 Å². The van der Waals surface area contributed by atoms with Gasteiger partial charge in [0.2, 0.25) is 0 Å². The Bertz CT molecular complexity index is 1320. The molecule has 0 aliphatic heterocycles. The number of unbranched alkanes of at least 4 members (excludes halogenated alkanes) is 2. The maximum atomic E-state index is 2.99. The molecule has 0 unspecified atom stereocenters. The van der Waals surface area contributed by atoms with Gasteiger partial charge in [-0.2, -0.15) is 6.08 Å². The summed E-state index contributed by atoms with van der Waals surface area (Å²) in [6.07, 6.45) is 27.5. The molecular weight excluding hydrogens is 607 g/mol. The first-order valence-corrected chi connectivity index (χ1v) is 15.8. The van der Waals surface area contributed by atoms with Crippen molar-refractivity contribution >= 4 is 36.9 Å². The number of fused-ring (bicyclic) bond motifs is 5. The second-order valence-corrected chi connectivity index (χ2v) is 13.9. The number of benzene rings is 2. The summed E-state index contributed by atoms with van der Waals surface area (Å²) < 4.78 is 1.79. The number of halogens is 2. The molecule has 0 heterocycles. The Labute approximate surface area is 270 Å². The van der Waals surface area contributed by atoms with Crippen LogP contribution in [0.15, 0.2) is 60.7 Å². The molecule has 212 valence electrons. The van der Waals surface area contributed by atoms with Crippen LogP contribution in [-0.2, 0) is 35.1 Å². The molecule has 3 aromatic rings. The van der Waals surface area contributed by atoms with E-state index in [2.05, 4.69) is 108 Å². The Morgan fingerprint density at radius 2 is 1.27 bits per heavy atom. The molecule has 0 nitrogen and oxygen atoms in total. The van der Waals surface area contributed by atoms with E-state index in [1.54, 1.807) is 27.4 Å². The van der Waals surface area contributed by atoms with Gasteiger partial charge in [0.1, 0.15) is 0 Å². The van der Waals surface area contributed by atoms with Crippen molar-refractivity contribution in [1.29, 1.82) is 0 Å². The molecule has 3 aliphatic rings. The summed E-state index contributed by atoms with van der Waals surface area (Å²) in [4.78, 5) is 0. The summed E-state index contributed by atoms with van der Waals surface area (Å²) >= 11 is 1.67. The Morgan fingerprint density at radius 3 is 1.62 bits per heavy atom. The van der Waals surface area contributed by atoms with E-state index in [0.29, 0.717) is 0 Å². The Morgan fingerprint density at radius 1 is 0.800 bits per heavy atom. The molecule has 0 N–H and O–H groups in total. The molecule has 3 heteroatoms. The fourth-order valence-electron chi connectivity index (χ4n) is 5.55. The van der Waals surface area contributed by atoms with E-state index < -0.39 is 0 Å². The normalized spacial score (nSPS) is 16.0. The number of allylic oxidation sites excluding steroid dienone is 6. The second-order valence-electron chi connectivity index (χ2n) is 12.1. The third-order valence-electron chi connectivity index (χ3n) is 8.04. The van der Waals surface area contributed by atoms with Crippen LogP contribution in [0.5, 0.6) is 0 Å². The van der Waals surface area contributed by atoms with Crippen LogP contribution < -0.4 is 24.8 Å². The number of rotatable bonds is 6. The van der Waals surface area contributed by atoms with Gasteiger partial charge >= 0.3 is 79.8 Å². The summed E-state index contributed by atoms with van der Waals surface area (Å²) in [5, 5.41) is 5.53. The van der Waals surface area contributed by atoms with Gasteiger partial charge in [-0.1, -0.05) is 75.3 Å². The minimum absolute atomic E-state index is 0. The van der Waals surface area contributed by atoms with Gasteiger partial charge in [0.15, 0.2) is 0 Å². The van der Waals surface area contributed by atoms with E-state index in [4.69, 9.17) is 0 Å². The third kappa shape index (κ3) is 8.12. The average molecular weight is 651 g/mol. The van der Waals surface area contributed by atoms with Crippen LogP contribution in [0.4, 0.5) is 0 Å². The predicted octanol–water partition coefficient (Wildman–Crippen LogP) is 4.72. The number of hydrogen-bond acceptors (Lipinski definition) is 0. The van der Waals surface area contributed by atoms with E-state index >= 15 is 0 Å². The summed E-state index contributed by atoms with van der Waals surface area (Å²) in [5.74, 6) is 0. The maximum Gasteiger partial charge on any atom is -0.109 e. The molecule has 6 rings (SSSR count). The largest absolute Gasteiger partial charge is 1.00 e. The fourth-order valence-corrected chi connectivity index (χ4v) is 6.42. The summed E-state index contributed by atoms with van der Waals surface area (Å²) in [5.41, 5.74) is 5.97. The average Bonchev–Trinajstić information content (AvgIpc) is 3.68. The van der Waals surface area contributed by atoms with E-state index in [1.165, 1.54) is 82.3 Å². The van der Waals surface area contributed by atoms with Gasteiger partial charge in [-0.15, -0.1) is 46.2 Å². The molecule has 3 aromatic carbocycles. The maximum absolute atomic E-state index is 2.99. The van der Waals surface area contributed by atoms with Crippen molar-refractivity contribution in [3.8, 4) is 0 Å². The molecule has 0 saturated carbocycles. The zero-order valence-corrected chi connectivity index (χ0v) is 29.1. The Balaban J connectivity index is 0.000000278. The predicted molar refractivity (Wildman–Crippen MR) is 167 cm³/mol. The van der Waals surface area contributed by atoms with Gasteiger partial charge in [0.25, 0.3) is 0 Å². The molecule has 40 heavy (non-hydrogen) atoms. The van der Waals surface area contributed by atoms with Gasteiger partial charge < -0.3 is 24.8 Å². The third-order valence-corrected chi connectivity index (χ3v) is 9.27. The first kappa shape index (κ1) is 34.8. The van der Waals surface area contributed by atoms with Crippen molar-refractivity contribution in [2.45, 2.75) is 97.3 Å². The van der Waals surface area contributed by atoms with Gasteiger partial charge in [-0.25, -0.2) is 12.2 Å². The van der Waals surface area contributed by atoms with Gasteiger partial charge in [0.05, 0.1) is 0 Å². The second kappa shape index (κ2) is 15.2. The zero-order chi connectivity index (χ0) is 27.3. The Hall–Kier alpha value is -1.40. The smallest absolute Gasteiger partial charge is 0.109 e. The molecule has 3 aliphatic carbocycles. The van der Waals surface area contributed by atoms with Crippen molar-refractivity contribution in [2.24, 2.45) is 0 Å². The van der Waals surface area contributed by atoms with Crippen LogP contribution in [0, 0.1) is 6.08 Å². The molecule has 0 fully saturated rings. The molecule has 0 saturated heterocycles. The topological polar surface area (TPSA) is 0 Å². The minimum atomic E-state index is 0. The van der Waals surface area contributed by atoms with Gasteiger partial charge in [-0.3, -0.25) is 6.08 Å². The van der Waals surface area contributed by atoms with Crippen LogP contribution in [0.2, 0.25) is 0 Å². The van der Waals surface area contributed by atoms with E-state index in [0.717, 1.165) is 6.42 Å². The van der Waals surface area contributed by atoms with Crippen molar-refractivity contribution in [3.63, 3.8) is 0 Å². The van der Waals surface area contributed by atoms with E-state index in [-0.39, 0.29) is 35.6 Å². The molecule has 0 radical (unpaired) electrons. The summed E-state index contributed by atoms with van der Waals surface area (Å²) in [6.45, 7) is 13.7. The Kier molecular flexibility index (Phi) is 13.2. The van der Waals surface area contributed by atoms with Crippen LogP contribution in [0.3, 0.4) is 0 Å². The van der Waals surface area contributed by atoms with Crippen LogP contribution >= 0.6 is 0 Å². The van der Waals surface area contributed by atoms with Gasteiger partial charge in [-0.05, 0) is 11.1 Å². The summed E-state index contributed by atoms with van der Waals surface area (Å²) in [7, 11) is 0. The fraction of sp³-hybridized carbons (Fsp3) is 0.405. The molecule has 0 aromatic heterocycles. The monoisotopic (exact) mass is 648 g/mol. The molecule has 0 atom stereocenters. The molecular formula is C37H44Cl2Zr-2. The summed E-state index contributed by atoms with van der Waals surface area (Å²) in [6, 6.07) is 11.9. The zero-order valence-electron chi connectivity index (χ0n) is 25.1. The first-order chi connectivity index (χ1) is 18.2. The SMILES string of the molecule is CC1(C)C=Cc2cc3c(cc21)[cH-]c1cc2c(cc13)C=CC2(C)C.CCCC[C](=[Zr+2])CCCC.[C-]1=CC=CC1.[Cl-].[Cl-]. The first-order valence-electron chi connectivity index (χ1n) is 14.5. The van der Waals surface area contributed by atoms with E-state index in [9.17, 15) is 0 Å². The molecule has 0 amide bonds. The molecule has 0 bridgehead atoms. The van der Waals surface area contributed by atoms with Crippen molar-refractivity contribution in [1.82, 2.24) is 0 Å². The molecule has 0 spiro atoms. The van der Waals surface area contributed by atoms with Crippen LogP contribution in [0.25, 0.3) is 33.7 Å². The van der Waals surface area contributed by atoms with Crippen molar-refractivity contribution < 1.29 is 49.0 Å². The van der Waals surface area contributed by atoms with Crippen molar-refractivity contribution in [3.05, 3.63) is 89.0 Å². The van der Waals surface area contributed by atoms with Crippen molar-refractivity contribution in [2.75, 3.05) is 0 Å². The van der Waals surface area contributed by atoms with Gasteiger partial charge in [0, 0.05) is 10.8 Å². The quantitative estimate of drug-likeness (QED) is 0.339. The standard InChI is InChI=1S/C23H21.C9H18.C5H5.2ClH.Zr/c1-22(2)7-5-14-10-18-16(12-20(14)22)9-17-13-21-15(11-19(17)18)6-8-23(21,3)4;1-3-5-7-9-8-6-4-2;1-2-4-5-3-1;;;/h5-13H,1-4H3;3-8H2,1-2H3;1-3H,4H2;2*1H;/q-1;;-1;;;+2/p-2.